The van der Waals surface area contributed by atoms with Crippen LogP contribution in [0.3, 0.4) is 0 Å². The minimum atomic E-state index is -3.75. The molecular weight excluding hydrogens is 412 g/mol. The van der Waals surface area contributed by atoms with Crippen molar-refractivity contribution in [3.63, 3.8) is 0 Å². The predicted molar refractivity (Wildman–Crippen MR) is 120 cm³/mol. The molecule has 0 unspecified atom stereocenters. The Kier molecular flexibility index (Phi) is 5.81. The summed E-state index contributed by atoms with van der Waals surface area (Å²) >= 11 is 0. The van der Waals surface area contributed by atoms with E-state index < -0.39 is 10.0 Å². The standard InChI is InChI=1S/C23H20N4O3S/c1-30-21-14-12-18(13-15-21)23-19(17-27(25-23)20-8-4-2-5-9-20)16-24-26-31(28,29)22-10-6-3-7-11-22/h2-17,26H,1H3/b24-16-. The molecular formula is C23H20N4O3S. The van der Waals surface area contributed by atoms with Crippen LogP contribution in [0.1, 0.15) is 5.56 Å². The zero-order valence-electron chi connectivity index (χ0n) is 16.7. The number of benzene rings is 3. The van der Waals surface area contributed by atoms with E-state index in [1.54, 1.807) is 36.2 Å². The molecule has 1 N–H and O–H groups in total. The van der Waals surface area contributed by atoms with Crippen molar-refractivity contribution in [1.29, 1.82) is 0 Å². The molecule has 0 aliphatic heterocycles. The van der Waals surface area contributed by atoms with Crippen LogP contribution in [-0.2, 0) is 10.0 Å². The van der Waals surface area contributed by atoms with Gasteiger partial charge in [0.1, 0.15) is 11.4 Å². The minimum absolute atomic E-state index is 0.141. The van der Waals surface area contributed by atoms with Crippen LogP contribution in [0, 0.1) is 0 Å². The Bertz CT molecular complexity index is 1280. The lowest BCUT2D eigenvalue weighted by atomic mass is 10.1. The van der Waals surface area contributed by atoms with Gasteiger partial charge in [0, 0.05) is 17.3 Å². The molecule has 8 heteroatoms. The second-order valence-electron chi connectivity index (χ2n) is 6.61. The van der Waals surface area contributed by atoms with Crippen molar-refractivity contribution < 1.29 is 13.2 Å². The van der Waals surface area contributed by atoms with Crippen molar-refractivity contribution in [3.8, 4) is 22.7 Å². The van der Waals surface area contributed by atoms with Crippen LogP contribution >= 0.6 is 0 Å². The van der Waals surface area contributed by atoms with Crippen LogP contribution in [0.2, 0.25) is 0 Å². The van der Waals surface area contributed by atoms with Crippen molar-refractivity contribution in [2.45, 2.75) is 4.90 Å². The highest BCUT2D eigenvalue weighted by Gasteiger charge is 2.14. The lowest BCUT2D eigenvalue weighted by molar-refractivity contribution is 0.415. The molecule has 0 aliphatic carbocycles. The molecule has 156 valence electrons. The number of para-hydroxylation sites is 1. The third-order valence-electron chi connectivity index (χ3n) is 4.56. The van der Waals surface area contributed by atoms with Gasteiger partial charge >= 0.3 is 0 Å². The molecule has 7 nitrogen and oxygen atoms in total. The van der Waals surface area contributed by atoms with Gasteiger partial charge in [-0.05, 0) is 48.5 Å². The van der Waals surface area contributed by atoms with E-state index in [0.29, 0.717) is 11.3 Å². The van der Waals surface area contributed by atoms with E-state index in [2.05, 4.69) is 15.0 Å². The number of hydrogen-bond donors (Lipinski definition) is 1. The third-order valence-corrected chi connectivity index (χ3v) is 5.80. The Morgan fingerprint density at radius 3 is 2.23 bits per heavy atom. The highest BCUT2D eigenvalue weighted by atomic mass is 32.2. The number of ether oxygens (including phenoxy) is 1. The molecule has 0 amide bonds. The fourth-order valence-corrected chi connectivity index (χ4v) is 3.80. The lowest BCUT2D eigenvalue weighted by Crippen LogP contribution is -2.18. The van der Waals surface area contributed by atoms with E-state index in [-0.39, 0.29) is 4.90 Å². The Morgan fingerprint density at radius 2 is 1.58 bits per heavy atom. The summed E-state index contributed by atoms with van der Waals surface area (Å²) < 4.78 is 31.8. The fraction of sp³-hybridized carbons (Fsp3) is 0.0435. The van der Waals surface area contributed by atoms with E-state index in [1.165, 1.54) is 18.3 Å². The van der Waals surface area contributed by atoms with E-state index in [1.807, 2.05) is 54.6 Å². The van der Waals surface area contributed by atoms with Gasteiger partial charge in [0.25, 0.3) is 10.0 Å². The SMILES string of the molecule is COc1ccc(-c2nn(-c3ccccc3)cc2/C=N\NS(=O)(=O)c2ccccc2)cc1. The number of rotatable bonds is 7. The highest BCUT2D eigenvalue weighted by Crippen LogP contribution is 2.25. The Hall–Kier alpha value is -3.91. The van der Waals surface area contributed by atoms with Gasteiger partial charge in [0.2, 0.25) is 0 Å². The Balaban J connectivity index is 1.68. The van der Waals surface area contributed by atoms with Gasteiger partial charge in [0.05, 0.1) is 23.9 Å². The monoisotopic (exact) mass is 432 g/mol. The van der Waals surface area contributed by atoms with Gasteiger partial charge in [-0.1, -0.05) is 36.4 Å². The van der Waals surface area contributed by atoms with Crippen molar-refractivity contribution >= 4 is 16.2 Å². The largest absolute Gasteiger partial charge is 0.497 e. The summed E-state index contributed by atoms with van der Waals surface area (Å²) in [5, 5.41) is 8.66. The van der Waals surface area contributed by atoms with E-state index in [9.17, 15) is 8.42 Å². The maximum atomic E-state index is 12.4. The molecule has 0 aliphatic rings. The molecule has 3 aromatic carbocycles. The number of aromatic nitrogens is 2. The maximum absolute atomic E-state index is 12.4. The summed E-state index contributed by atoms with van der Waals surface area (Å²) in [5.41, 5.74) is 3.04. The number of methoxy groups -OCH3 is 1. The third kappa shape index (κ3) is 4.65. The van der Waals surface area contributed by atoms with Gasteiger partial charge in [-0.2, -0.15) is 18.6 Å². The fourth-order valence-electron chi connectivity index (χ4n) is 2.99. The van der Waals surface area contributed by atoms with Crippen LogP contribution in [0.25, 0.3) is 16.9 Å². The normalized spacial score (nSPS) is 11.5. The van der Waals surface area contributed by atoms with E-state index >= 15 is 0 Å². The quantitative estimate of drug-likeness (QED) is 0.355. The molecule has 1 aromatic heterocycles. The van der Waals surface area contributed by atoms with Gasteiger partial charge < -0.3 is 4.74 Å². The van der Waals surface area contributed by atoms with Crippen molar-refractivity contribution in [2.24, 2.45) is 5.10 Å². The lowest BCUT2D eigenvalue weighted by Gasteiger charge is -2.03. The number of hydrazone groups is 1. The van der Waals surface area contributed by atoms with Crippen LogP contribution in [0.15, 0.2) is 101 Å². The number of sulfonamides is 1. The van der Waals surface area contributed by atoms with Gasteiger partial charge in [0.15, 0.2) is 0 Å². The summed E-state index contributed by atoms with van der Waals surface area (Å²) in [7, 11) is -2.15. The van der Waals surface area contributed by atoms with E-state index in [4.69, 9.17) is 4.74 Å². The second-order valence-corrected chi connectivity index (χ2v) is 8.27. The number of hydrogen-bond acceptors (Lipinski definition) is 5. The van der Waals surface area contributed by atoms with Crippen LogP contribution < -0.4 is 9.57 Å². The first-order valence-corrected chi connectivity index (χ1v) is 10.9. The van der Waals surface area contributed by atoms with Crippen molar-refractivity contribution in [2.75, 3.05) is 7.11 Å². The van der Waals surface area contributed by atoms with Crippen molar-refractivity contribution in [3.05, 3.63) is 96.7 Å². The first-order chi connectivity index (χ1) is 15.1. The summed E-state index contributed by atoms with van der Waals surface area (Å²) in [6.45, 7) is 0. The smallest absolute Gasteiger partial charge is 0.276 e. The summed E-state index contributed by atoms with van der Waals surface area (Å²) in [4.78, 5) is 2.40. The zero-order chi connectivity index (χ0) is 21.7. The molecule has 0 spiro atoms. The first-order valence-electron chi connectivity index (χ1n) is 9.46. The van der Waals surface area contributed by atoms with E-state index in [0.717, 1.165) is 17.0 Å². The first kappa shape index (κ1) is 20.4. The van der Waals surface area contributed by atoms with Gasteiger partial charge in [-0.15, -0.1) is 0 Å². The highest BCUT2D eigenvalue weighted by molar-refractivity contribution is 7.89. The molecule has 1 heterocycles. The average molecular weight is 433 g/mol. The molecule has 0 saturated heterocycles. The van der Waals surface area contributed by atoms with Crippen LogP contribution in [-0.4, -0.2) is 31.5 Å². The molecule has 4 aromatic rings. The summed E-state index contributed by atoms with van der Waals surface area (Å²) in [6, 6.07) is 25.2. The molecule has 31 heavy (non-hydrogen) atoms. The molecule has 4 rings (SSSR count). The van der Waals surface area contributed by atoms with Crippen LogP contribution in [0.5, 0.6) is 5.75 Å². The van der Waals surface area contributed by atoms with Crippen LogP contribution in [0.4, 0.5) is 0 Å². The number of nitrogens with zero attached hydrogens (tertiary/aromatic N) is 3. The Morgan fingerprint density at radius 1 is 0.935 bits per heavy atom. The molecule has 0 atom stereocenters. The minimum Gasteiger partial charge on any atom is -0.497 e. The summed E-state index contributed by atoms with van der Waals surface area (Å²) in [5.74, 6) is 0.733. The van der Waals surface area contributed by atoms with Gasteiger partial charge in [-0.25, -0.2) is 9.51 Å². The summed E-state index contributed by atoms with van der Waals surface area (Å²) in [6.07, 6.45) is 3.25. The Labute approximate surface area is 180 Å². The number of nitrogens with one attached hydrogen (secondary N) is 1. The van der Waals surface area contributed by atoms with Crippen molar-refractivity contribution in [1.82, 2.24) is 14.6 Å². The maximum Gasteiger partial charge on any atom is 0.276 e. The molecule has 0 bridgehead atoms. The molecule has 0 radical (unpaired) electrons. The van der Waals surface area contributed by atoms with Gasteiger partial charge in [-0.3, -0.25) is 0 Å². The molecule has 0 saturated carbocycles. The topological polar surface area (TPSA) is 85.6 Å². The second kappa shape index (κ2) is 8.85. The predicted octanol–water partition coefficient (Wildman–Crippen LogP) is 3.86. The molecule has 0 fully saturated rings. The zero-order valence-corrected chi connectivity index (χ0v) is 17.5. The average Bonchev–Trinajstić information content (AvgIpc) is 3.24.